The highest BCUT2D eigenvalue weighted by atomic mass is 16.5. The van der Waals surface area contributed by atoms with Crippen LogP contribution in [0.5, 0.6) is 11.5 Å². The summed E-state index contributed by atoms with van der Waals surface area (Å²) in [6.07, 6.45) is 0. The molecule has 0 fully saturated rings. The van der Waals surface area contributed by atoms with Gasteiger partial charge in [0.15, 0.2) is 11.5 Å². The molecule has 0 bridgehead atoms. The van der Waals surface area contributed by atoms with Gasteiger partial charge >= 0.3 is 0 Å². The molecule has 2 unspecified atom stereocenters. The van der Waals surface area contributed by atoms with E-state index in [0.717, 1.165) is 0 Å². The number of likely N-dealkylation sites (N-methyl/N-ethyl adjacent to an activating group) is 1. The summed E-state index contributed by atoms with van der Waals surface area (Å²) in [7, 11) is 4.56. The number of aliphatic carboxylic acids is 1. The molecule has 1 amide bonds. The SMILES string of the molecule is COc1cccc(C2C(C(=O)[O-])c3ccccc3C(=O)N2C)c1OC. The number of benzene rings is 2. The Morgan fingerprint density at radius 1 is 1.04 bits per heavy atom. The average Bonchev–Trinajstić information content (AvgIpc) is 2.63. The number of carboxylic acid groups (broad SMARTS) is 1. The molecule has 0 saturated carbocycles. The molecule has 2 aromatic rings. The molecule has 1 heterocycles. The van der Waals surface area contributed by atoms with Gasteiger partial charge in [0.2, 0.25) is 0 Å². The minimum atomic E-state index is -1.25. The fourth-order valence-corrected chi connectivity index (χ4v) is 3.46. The number of rotatable bonds is 4. The van der Waals surface area contributed by atoms with Gasteiger partial charge in [-0.25, -0.2) is 0 Å². The first kappa shape index (κ1) is 16.8. The predicted octanol–water partition coefficient (Wildman–Crippen LogP) is 1.36. The van der Waals surface area contributed by atoms with Crippen molar-refractivity contribution in [1.82, 2.24) is 4.90 Å². The molecule has 0 aromatic heterocycles. The molecule has 6 heteroatoms. The smallest absolute Gasteiger partial charge is 0.254 e. The van der Waals surface area contributed by atoms with E-state index in [2.05, 4.69) is 0 Å². The van der Waals surface area contributed by atoms with Gasteiger partial charge in [-0.05, 0) is 17.7 Å². The van der Waals surface area contributed by atoms with Crippen LogP contribution in [0.2, 0.25) is 0 Å². The van der Waals surface area contributed by atoms with Gasteiger partial charge in [-0.1, -0.05) is 30.3 Å². The van der Waals surface area contributed by atoms with Crippen LogP contribution in [0.25, 0.3) is 0 Å². The van der Waals surface area contributed by atoms with Crippen LogP contribution < -0.4 is 14.6 Å². The van der Waals surface area contributed by atoms with Crippen molar-refractivity contribution in [3.63, 3.8) is 0 Å². The number of amides is 1. The lowest BCUT2D eigenvalue weighted by Crippen LogP contribution is -2.46. The van der Waals surface area contributed by atoms with Crippen LogP contribution in [0.3, 0.4) is 0 Å². The quantitative estimate of drug-likeness (QED) is 0.840. The molecule has 0 spiro atoms. The van der Waals surface area contributed by atoms with Crippen molar-refractivity contribution in [2.45, 2.75) is 12.0 Å². The molecule has 0 saturated heterocycles. The van der Waals surface area contributed by atoms with Crippen LogP contribution in [0.4, 0.5) is 0 Å². The predicted molar refractivity (Wildman–Crippen MR) is 88.6 cm³/mol. The van der Waals surface area contributed by atoms with E-state index >= 15 is 0 Å². The van der Waals surface area contributed by atoms with Crippen LogP contribution in [0.15, 0.2) is 42.5 Å². The lowest BCUT2D eigenvalue weighted by Gasteiger charge is -2.41. The Morgan fingerprint density at radius 2 is 1.72 bits per heavy atom. The number of carboxylic acids is 1. The van der Waals surface area contributed by atoms with Crippen molar-refractivity contribution in [3.05, 3.63) is 59.2 Å². The van der Waals surface area contributed by atoms with Crippen molar-refractivity contribution in [3.8, 4) is 11.5 Å². The second-order valence-corrected chi connectivity index (χ2v) is 5.83. The number of nitrogens with zero attached hydrogens (tertiary/aromatic N) is 1. The highest BCUT2D eigenvalue weighted by Crippen LogP contribution is 2.46. The van der Waals surface area contributed by atoms with Crippen molar-refractivity contribution >= 4 is 11.9 Å². The maximum Gasteiger partial charge on any atom is 0.254 e. The van der Waals surface area contributed by atoms with Gasteiger partial charge in [0.25, 0.3) is 5.91 Å². The molecule has 2 atom stereocenters. The summed E-state index contributed by atoms with van der Waals surface area (Å²) in [5.41, 5.74) is 1.37. The number of hydrogen-bond donors (Lipinski definition) is 0. The zero-order valence-electron chi connectivity index (χ0n) is 14.2. The largest absolute Gasteiger partial charge is 0.549 e. The van der Waals surface area contributed by atoms with Gasteiger partial charge in [0.05, 0.1) is 26.2 Å². The summed E-state index contributed by atoms with van der Waals surface area (Å²) < 4.78 is 10.7. The molecular formula is C19H18NO5-. The third-order valence-corrected chi connectivity index (χ3v) is 4.59. The van der Waals surface area contributed by atoms with E-state index in [0.29, 0.717) is 28.2 Å². The van der Waals surface area contributed by atoms with Crippen LogP contribution in [-0.4, -0.2) is 38.0 Å². The maximum atomic E-state index is 12.8. The number of ether oxygens (including phenoxy) is 2. The highest BCUT2D eigenvalue weighted by molar-refractivity contribution is 6.00. The van der Waals surface area contributed by atoms with E-state index in [4.69, 9.17) is 9.47 Å². The molecule has 1 aliphatic rings. The van der Waals surface area contributed by atoms with E-state index < -0.39 is 17.9 Å². The fourth-order valence-electron chi connectivity index (χ4n) is 3.46. The molecule has 0 N–H and O–H groups in total. The number of fused-ring (bicyclic) bond motifs is 1. The Labute approximate surface area is 145 Å². The Morgan fingerprint density at radius 3 is 2.36 bits per heavy atom. The lowest BCUT2D eigenvalue weighted by atomic mass is 9.79. The molecule has 1 aliphatic heterocycles. The first-order valence-electron chi connectivity index (χ1n) is 7.79. The third-order valence-electron chi connectivity index (χ3n) is 4.59. The molecule has 2 aromatic carbocycles. The van der Waals surface area contributed by atoms with Crippen molar-refractivity contribution in [1.29, 1.82) is 0 Å². The van der Waals surface area contributed by atoms with Crippen LogP contribution in [0.1, 0.15) is 33.4 Å². The summed E-state index contributed by atoms with van der Waals surface area (Å²) in [5.74, 6) is -1.64. The Balaban J connectivity index is 2.25. The topological polar surface area (TPSA) is 78.9 Å². The third kappa shape index (κ3) is 2.59. The number of hydrogen-bond acceptors (Lipinski definition) is 5. The highest BCUT2D eigenvalue weighted by Gasteiger charge is 2.41. The second-order valence-electron chi connectivity index (χ2n) is 5.83. The van der Waals surface area contributed by atoms with Crippen molar-refractivity contribution in [2.75, 3.05) is 21.3 Å². The van der Waals surface area contributed by atoms with E-state index in [1.54, 1.807) is 49.5 Å². The summed E-state index contributed by atoms with van der Waals surface area (Å²) >= 11 is 0. The Bertz CT molecular complexity index is 832. The lowest BCUT2D eigenvalue weighted by molar-refractivity contribution is -0.309. The van der Waals surface area contributed by atoms with Gasteiger partial charge in [-0.3, -0.25) is 4.79 Å². The molecule has 130 valence electrons. The van der Waals surface area contributed by atoms with Gasteiger partial charge in [-0.2, -0.15) is 0 Å². The average molecular weight is 340 g/mol. The second kappa shape index (κ2) is 6.47. The van der Waals surface area contributed by atoms with Crippen molar-refractivity contribution in [2.24, 2.45) is 0 Å². The zero-order chi connectivity index (χ0) is 18.1. The summed E-state index contributed by atoms with van der Waals surface area (Å²) in [6.45, 7) is 0. The number of carbonyl (C=O) groups is 2. The standard InChI is InChI=1S/C19H19NO5/c1-20-16(13-9-6-10-14(24-2)17(13)25-3)15(19(22)23)11-7-4-5-8-12(11)18(20)21/h4-10,15-16H,1-3H3,(H,22,23)/p-1. The van der Waals surface area contributed by atoms with Crippen LogP contribution in [0, 0.1) is 0 Å². The van der Waals surface area contributed by atoms with Gasteiger partial charge in [0, 0.05) is 24.1 Å². The van der Waals surface area contributed by atoms with Crippen LogP contribution in [-0.2, 0) is 4.79 Å². The molecule has 3 rings (SSSR count). The first-order valence-corrected chi connectivity index (χ1v) is 7.79. The van der Waals surface area contributed by atoms with E-state index in [-0.39, 0.29) is 5.91 Å². The minimum Gasteiger partial charge on any atom is -0.549 e. The normalized spacial score (nSPS) is 19.3. The van der Waals surface area contributed by atoms with Gasteiger partial charge in [0.1, 0.15) is 0 Å². The minimum absolute atomic E-state index is 0.247. The first-order chi connectivity index (χ1) is 12.0. The van der Waals surface area contributed by atoms with Crippen molar-refractivity contribution < 1.29 is 24.2 Å². The van der Waals surface area contributed by atoms with Gasteiger partial charge < -0.3 is 24.3 Å². The Kier molecular flexibility index (Phi) is 4.35. The number of para-hydroxylation sites is 1. The molecule has 6 nitrogen and oxygen atoms in total. The monoisotopic (exact) mass is 340 g/mol. The Hall–Kier alpha value is -3.02. The number of carbonyl (C=O) groups excluding carboxylic acids is 2. The molecule has 0 radical (unpaired) electrons. The summed E-state index contributed by atoms with van der Waals surface area (Å²) in [6, 6.07) is 11.1. The van der Waals surface area contributed by atoms with Gasteiger partial charge in [-0.15, -0.1) is 0 Å². The molecule has 25 heavy (non-hydrogen) atoms. The zero-order valence-corrected chi connectivity index (χ0v) is 14.2. The van der Waals surface area contributed by atoms with E-state index in [1.807, 2.05) is 0 Å². The summed E-state index contributed by atoms with van der Waals surface area (Å²) in [5, 5.41) is 12.0. The summed E-state index contributed by atoms with van der Waals surface area (Å²) in [4.78, 5) is 26.2. The van der Waals surface area contributed by atoms with Crippen LogP contribution >= 0.6 is 0 Å². The van der Waals surface area contributed by atoms with E-state index in [9.17, 15) is 14.7 Å². The molecule has 0 aliphatic carbocycles. The van der Waals surface area contributed by atoms with E-state index in [1.165, 1.54) is 19.1 Å². The molecular weight excluding hydrogens is 322 g/mol. The fraction of sp³-hybridized carbons (Fsp3) is 0.263. The maximum absolute atomic E-state index is 12.8. The number of methoxy groups -OCH3 is 2.